The molecule has 2 N–H and O–H groups in total. The van der Waals surface area contributed by atoms with Crippen molar-refractivity contribution in [2.24, 2.45) is 0 Å². The smallest absolute Gasteiger partial charge is 0.166 e. The Bertz CT molecular complexity index is 197. The zero-order valence-electron chi connectivity index (χ0n) is 9.13. The van der Waals surface area contributed by atoms with E-state index in [1.165, 1.54) is 0 Å². The van der Waals surface area contributed by atoms with E-state index in [1.54, 1.807) is 6.26 Å². The van der Waals surface area contributed by atoms with E-state index in [-0.39, 0.29) is 6.04 Å². The molecule has 0 aliphatic heterocycles. The molecule has 0 aromatic carbocycles. The molecule has 0 spiro atoms. The summed E-state index contributed by atoms with van der Waals surface area (Å²) in [5, 5.41) is 6.95. The van der Waals surface area contributed by atoms with Gasteiger partial charge in [-0.05, 0) is 32.0 Å². The normalized spacial score (nSPS) is 14.5. The van der Waals surface area contributed by atoms with Crippen LogP contribution in [0.4, 0.5) is 0 Å². The average Bonchev–Trinajstić information content (AvgIpc) is 2.11. The van der Waals surface area contributed by atoms with Crippen LogP contribution in [0.2, 0.25) is 0 Å². The Morgan fingerprint density at radius 1 is 1.57 bits per heavy atom. The van der Waals surface area contributed by atoms with Crippen LogP contribution in [0.1, 0.15) is 26.7 Å². The largest absolute Gasteiger partial charge is 0.363 e. The third-order valence-corrected chi connectivity index (χ3v) is 2.82. The number of hydrogen-bond donors (Lipinski definition) is 2. The van der Waals surface area contributed by atoms with Crippen molar-refractivity contribution in [1.29, 1.82) is 0 Å². The van der Waals surface area contributed by atoms with E-state index in [2.05, 4.69) is 17.6 Å². The molecule has 0 saturated carbocycles. The summed E-state index contributed by atoms with van der Waals surface area (Å²) in [5.41, 5.74) is 0. The van der Waals surface area contributed by atoms with Crippen molar-refractivity contribution in [2.45, 2.75) is 32.7 Å². The Morgan fingerprint density at radius 3 is 2.71 bits per heavy atom. The molecule has 0 amide bonds. The molecule has 0 radical (unpaired) electrons. The second-order valence-electron chi connectivity index (χ2n) is 3.37. The fraction of sp³-hybridized carbons (Fsp3) is 0.889. The summed E-state index contributed by atoms with van der Waals surface area (Å²) >= 11 is 5.08. The van der Waals surface area contributed by atoms with Crippen LogP contribution < -0.4 is 10.6 Å². The Labute approximate surface area is 94.5 Å². The first-order chi connectivity index (χ1) is 6.56. The minimum absolute atomic E-state index is 0.288. The topological polar surface area (TPSA) is 41.1 Å². The van der Waals surface area contributed by atoms with Gasteiger partial charge in [0.2, 0.25) is 0 Å². The lowest BCUT2D eigenvalue weighted by Gasteiger charge is -2.15. The second-order valence-corrected chi connectivity index (χ2v) is 5.33. The molecule has 3 nitrogen and oxygen atoms in total. The van der Waals surface area contributed by atoms with Gasteiger partial charge >= 0.3 is 0 Å². The lowest BCUT2D eigenvalue weighted by Crippen LogP contribution is -2.41. The quantitative estimate of drug-likeness (QED) is 0.676. The van der Waals surface area contributed by atoms with Gasteiger partial charge in [-0.2, -0.15) is 0 Å². The van der Waals surface area contributed by atoms with Crippen molar-refractivity contribution >= 4 is 28.1 Å². The molecule has 0 heterocycles. The van der Waals surface area contributed by atoms with E-state index in [0.717, 1.165) is 25.1 Å². The fourth-order valence-corrected chi connectivity index (χ4v) is 1.92. The van der Waals surface area contributed by atoms with E-state index in [0.29, 0.717) is 5.11 Å². The van der Waals surface area contributed by atoms with Gasteiger partial charge in [0.05, 0.1) is 0 Å². The molecular formula is C9H20N2OS2. The summed E-state index contributed by atoms with van der Waals surface area (Å²) in [6.45, 7) is 5.05. The first-order valence-corrected chi connectivity index (χ1v) is 7.04. The Morgan fingerprint density at radius 2 is 2.21 bits per heavy atom. The Kier molecular flexibility index (Phi) is 8.08. The van der Waals surface area contributed by atoms with Gasteiger partial charge in [0.1, 0.15) is 0 Å². The number of rotatable bonds is 6. The van der Waals surface area contributed by atoms with Crippen molar-refractivity contribution in [3.63, 3.8) is 0 Å². The van der Waals surface area contributed by atoms with E-state index in [4.69, 9.17) is 12.2 Å². The van der Waals surface area contributed by atoms with Crippen LogP contribution in [0.3, 0.4) is 0 Å². The highest BCUT2D eigenvalue weighted by molar-refractivity contribution is 7.84. The van der Waals surface area contributed by atoms with Crippen molar-refractivity contribution < 1.29 is 4.21 Å². The van der Waals surface area contributed by atoms with E-state index in [9.17, 15) is 4.21 Å². The highest BCUT2D eigenvalue weighted by atomic mass is 32.2. The molecular weight excluding hydrogens is 216 g/mol. The molecule has 14 heavy (non-hydrogen) atoms. The van der Waals surface area contributed by atoms with Gasteiger partial charge in [0, 0.05) is 35.4 Å². The van der Waals surface area contributed by atoms with Gasteiger partial charge in [0.15, 0.2) is 5.11 Å². The van der Waals surface area contributed by atoms with Gasteiger partial charge in [-0.1, -0.05) is 6.92 Å². The predicted octanol–water partition coefficient (Wildman–Crippen LogP) is 1.02. The average molecular weight is 236 g/mol. The lowest BCUT2D eigenvalue weighted by molar-refractivity contribution is 0.626. The van der Waals surface area contributed by atoms with Crippen LogP contribution >= 0.6 is 12.2 Å². The van der Waals surface area contributed by atoms with Crippen LogP contribution in [0.5, 0.6) is 0 Å². The highest BCUT2D eigenvalue weighted by Gasteiger charge is 2.04. The summed E-state index contributed by atoms with van der Waals surface area (Å²) in [4.78, 5) is 0. The van der Waals surface area contributed by atoms with Crippen LogP contribution in [-0.4, -0.2) is 33.9 Å². The first-order valence-electron chi connectivity index (χ1n) is 4.90. The third-order valence-electron chi connectivity index (χ3n) is 1.75. The molecule has 0 saturated heterocycles. The molecule has 84 valence electrons. The number of thiocarbonyl (C=S) groups is 1. The highest BCUT2D eigenvalue weighted by Crippen LogP contribution is 1.92. The lowest BCUT2D eigenvalue weighted by atomic mass is 10.3. The molecule has 0 bridgehead atoms. The summed E-state index contributed by atoms with van der Waals surface area (Å²) in [7, 11) is -0.710. The summed E-state index contributed by atoms with van der Waals surface area (Å²) in [6.07, 6.45) is 3.67. The van der Waals surface area contributed by atoms with Crippen LogP contribution in [0, 0.1) is 0 Å². The van der Waals surface area contributed by atoms with Gasteiger partial charge in [-0.15, -0.1) is 0 Å². The summed E-state index contributed by atoms with van der Waals surface area (Å²) in [5.74, 6) is 0.727. The Hall–Kier alpha value is -0.160. The minimum Gasteiger partial charge on any atom is -0.363 e. The molecule has 0 aliphatic rings. The predicted molar refractivity (Wildman–Crippen MR) is 67.0 cm³/mol. The maximum Gasteiger partial charge on any atom is 0.166 e. The summed E-state index contributed by atoms with van der Waals surface area (Å²) in [6, 6.07) is 0.288. The summed E-state index contributed by atoms with van der Waals surface area (Å²) < 4.78 is 10.8. The first kappa shape index (κ1) is 13.8. The van der Waals surface area contributed by atoms with E-state index >= 15 is 0 Å². The van der Waals surface area contributed by atoms with Crippen LogP contribution in [-0.2, 0) is 10.8 Å². The van der Waals surface area contributed by atoms with Crippen molar-refractivity contribution in [1.82, 2.24) is 10.6 Å². The standard InChI is InChI=1S/C9H20N2OS2/c1-4-6-10-9(13)11-8(2)5-7-14(3)12/h8H,4-7H2,1-3H3,(H2,10,11,13). The van der Waals surface area contributed by atoms with Crippen molar-refractivity contribution in [3.8, 4) is 0 Å². The molecule has 0 aromatic heterocycles. The molecule has 0 aromatic rings. The Balaban J connectivity index is 3.55. The van der Waals surface area contributed by atoms with Gasteiger partial charge in [0.25, 0.3) is 0 Å². The number of hydrogen-bond acceptors (Lipinski definition) is 2. The zero-order chi connectivity index (χ0) is 11.0. The maximum atomic E-state index is 10.8. The fourth-order valence-electron chi connectivity index (χ4n) is 0.928. The third kappa shape index (κ3) is 8.44. The molecule has 2 unspecified atom stereocenters. The zero-order valence-corrected chi connectivity index (χ0v) is 10.8. The van der Waals surface area contributed by atoms with Crippen LogP contribution in [0.25, 0.3) is 0 Å². The van der Waals surface area contributed by atoms with Crippen molar-refractivity contribution in [3.05, 3.63) is 0 Å². The molecule has 5 heteroatoms. The molecule has 2 atom stereocenters. The van der Waals surface area contributed by atoms with Gasteiger partial charge in [-0.3, -0.25) is 4.21 Å². The minimum atomic E-state index is -0.710. The van der Waals surface area contributed by atoms with Gasteiger partial charge in [-0.25, -0.2) is 0 Å². The van der Waals surface area contributed by atoms with Crippen LogP contribution in [0.15, 0.2) is 0 Å². The van der Waals surface area contributed by atoms with Crippen molar-refractivity contribution in [2.75, 3.05) is 18.6 Å². The van der Waals surface area contributed by atoms with Gasteiger partial charge < -0.3 is 10.6 Å². The van der Waals surface area contributed by atoms with E-state index < -0.39 is 10.8 Å². The second kappa shape index (κ2) is 8.17. The van der Waals surface area contributed by atoms with E-state index in [1.807, 2.05) is 6.92 Å². The molecule has 0 fully saturated rings. The monoisotopic (exact) mass is 236 g/mol. The maximum absolute atomic E-state index is 10.8. The SMILES string of the molecule is CCCNC(=S)NC(C)CCS(C)=O. The number of nitrogens with one attached hydrogen (secondary N) is 2. The molecule has 0 rings (SSSR count). The molecule has 0 aliphatic carbocycles.